The van der Waals surface area contributed by atoms with Gasteiger partial charge in [0.1, 0.15) is 0 Å². The van der Waals surface area contributed by atoms with Crippen molar-refractivity contribution in [1.29, 1.82) is 0 Å². The summed E-state index contributed by atoms with van der Waals surface area (Å²) in [5, 5.41) is 0. The van der Waals surface area contributed by atoms with Gasteiger partial charge in [-0.15, -0.1) is 0 Å². The van der Waals surface area contributed by atoms with Gasteiger partial charge in [-0.2, -0.15) is 0 Å². The number of rotatable bonds is 3. The molecule has 0 radical (unpaired) electrons. The van der Waals surface area contributed by atoms with Crippen LogP contribution in [0.4, 0.5) is 0 Å². The molecule has 0 aliphatic carbocycles. The van der Waals surface area contributed by atoms with Crippen LogP contribution in [-0.4, -0.2) is 4.57 Å². The molecule has 1 heterocycles. The molecule has 96 valence electrons. The SMILES string of the molecule is CC(C)(C)c1ccc(Cn2ccc(CN)c2)cc1. The van der Waals surface area contributed by atoms with Crippen molar-refractivity contribution in [3.8, 4) is 0 Å². The first-order chi connectivity index (χ1) is 8.49. The van der Waals surface area contributed by atoms with Crippen molar-refractivity contribution in [2.45, 2.75) is 39.3 Å². The first kappa shape index (κ1) is 12.9. The topological polar surface area (TPSA) is 30.9 Å². The quantitative estimate of drug-likeness (QED) is 0.879. The molecule has 18 heavy (non-hydrogen) atoms. The summed E-state index contributed by atoms with van der Waals surface area (Å²) in [7, 11) is 0. The number of hydrogen-bond donors (Lipinski definition) is 1. The summed E-state index contributed by atoms with van der Waals surface area (Å²) in [4.78, 5) is 0. The number of aromatic nitrogens is 1. The second kappa shape index (κ2) is 4.99. The smallest absolute Gasteiger partial charge is 0.0470 e. The van der Waals surface area contributed by atoms with Crippen molar-refractivity contribution in [1.82, 2.24) is 4.57 Å². The normalized spacial score (nSPS) is 11.8. The van der Waals surface area contributed by atoms with E-state index >= 15 is 0 Å². The second-order valence-electron chi connectivity index (χ2n) is 5.84. The van der Waals surface area contributed by atoms with E-state index < -0.39 is 0 Å². The molecule has 0 spiro atoms. The molecule has 0 unspecified atom stereocenters. The highest BCUT2D eigenvalue weighted by molar-refractivity contribution is 5.28. The molecule has 2 rings (SSSR count). The van der Waals surface area contributed by atoms with E-state index in [2.05, 4.69) is 68.1 Å². The van der Waals surface area contributed by atoms with Crippen molar-refractivity contribution in [2.24, 2.45) is 5.73 Å². The molecule has 0 saturated heterocycles. The third-order valence-electron chi connectivity index (χ3n) is 3.23. The number of nitrogens with two attached hydrogens (primary N) is 1. The lowest BCUT2D eigenvalue weighted by atomic mass is 9.87. The highest BCUT2D eigenvalue weighted by atomic mass is 14.9. The van der Waals surface area contributed by atoms with Crippen LogP contribution in [0.1, 0.15) is 37.5 Å². The highest BCUT2D eigenvalue weighted by Gasteiger charge is 2.12. The summed E-state index contributed by atoms with van der Waals surface area (Å²) in [6.45, 7) is 8.23. The highest BCUT2D eigenvalue weighted by Crippen LogP contribution is 2.22. The lowest BCUT2D eigenvalue weighted by Gasteiger charge is -2.19. The zero-order chi connectivity index (χ0) is 13.2. The average Bonchev–Trinajstić information content (AvgIpc) is 2.76. The van der Waals surface area contributed by atoms with Gasteiger partial charge in [0.2, 0.25) is 0 Å². The van der Waals surface area contributed by atoms with Gasteiger partial charge in [0, 0.05) is 25.5 Å². The molecule has 2 nitrogen and oxygen atoms in total. The summed E-state index contributed by atoms with van der Waals surface area (Å²) < 4.78 is 2.17. The standard InChI is InChI=1S/C16H22N2/c1-16(2,3)15-6-4-13(5-7-15)11-18-9-8-14(10-17)12-18/h4-9,12H,10-11,17H2,1-3H3. The molecule has 0 aliphatic rings. The van der Waals surface area contributed by atoms with Gasteiger partial charge in [0.05, 0.1) is 0 Å². The fraction of sp³-hybridized carbons (Fsp3) is 0.375. The Kier molecular flexibility index (Phi) is 3.58. The van der Waals surface area contributed by atoms with Gasteiger partial charge < -0.3 is 10.3 Å². The van der Waals surface area contributed by atoms with Crippen molar-refractivity contribution in [3.05, 3.63) is 59.4 Å². The van der Waals surface area contributed by atoms with E-state index in [0.717, 1.165) is 6.54 Å². The molecule has 1 aromatic carbocycles. The molecule has 2 aromatic rings. The minimum absolute atomic E-state index is 0.221. The fourth-order valence-electron chi connectivity index (χ4n) is 2.03. The molecule has 0 aliphatic heterocycles. The van der Waals surface area contributed by atoms with E-state index in [9.17, 15) is 0 Å². The Labute approximate surface area is 109 Å². The lowest BCUT2D eigenvalue weighted by molar-refractivity contribution is 0.590. The Morgan fingerprint density at radius 1 is 1.00 bits per heavy atom. The van der Waals surface area contributed by atoms with Crippen LogP contribution in [-0.2, 0) is 18.5 Å². The van der Waals surface area contributed by atoms with Gasteiger partial charge in [0.25, 0.3) is 0 Å². The van der Waals surface area contributed by atoms with Crippen LogP contribution in [0, 0.1) is 0 Å². The molecular formula is C16H22N2. The number of benzene rings is 1. The summed E-state index contributed by atoms with van der Waals surface area (Å²) in [5.41, 5.74) is 9.71. The van der Waals surface area contributed by atoms with Gasteiger partial charge in [-0.25, -0.2) is 0 Å². The Morgan fingerprint density at radius 3 is 2.17 bits per heavy atom. The van der Waals surface area contributed by atoms with Crippen LogP contribution in [0.5, 0.6) is 0 Å². The summed E-state index contributed by atoms with van der Waals surface area (Å²) >= 11 is 0. The van der Waals surface area contributed by atoms with Gasteiger partial charge in [-0.3, -0.25) is 0 Å². The van der Waals surface area contributed by atoms with Gasteiger partial charge in [0.15, 0.2) is 0 Å². The van der Waals surface area contributed by atoms with E-state index in [-0.39, 0.29) is 5.41 Å². The average molecular weight is 242 g/mol. The van der Waals surface area contributed by atoms with Crippen molar-refractivity contribution in [2.75, 3.05) is 0 Å². The Morgan fingerprint density at radius 2 is 1.67 bits per heavy atom. The minimum atomic E-state index is 0.221. The number of nitrogens with zero attached hydrogens (tertiary/aromatic N) is 1. The molecule has 0 atom stereocenters. The zero-order valence-electron chi connectivity index (χ0n) is 11.5. The Hall–Kier alpha value is -1.54. The third kappa shape index (κ3) is 3.02. The molecule has 0 saturated carbocycles. The predicted molar refractivity (Wildman–Crippen MR) is 76.6 cm³/mol. The number of hydrogen-bond acceptors (Lipinski definition) is 1. The van der Waals surface area contributed by atoms with Crippen LogP contribution in [0.15, 0.2) is 42.7 Å². The molecular weight excluding hydrogens is 220 g/mol. The maximum atomic E-state index is 5.61. The summed E-state index contributed by atoms with van der Waals surface area (Å²) in [6, 6.07) is 10.9. The molecule has 1 aromatic heterocycles. The van der Waals surface area contributed by atoms with E-state index in [4.69, 9.17) is 5.73 Å². The van der Waals surface area contributed by atoms with Crippen LogP contribution >= 0.6 is 0 Å². The van der Waals surface area contributed by atoms with Crippen molar-refractivity contribution >= 4 is 0 Å². The first-order valence-corrected chi connectivity index (χ1v) is 6.43. The first-order valence-electron chi connectivity index (χ1n) is 6.43. The molecule has 2 heteroatoms. The molecule has 0 bridgehead atoms. The second-order valence-corrected chi connectivity index (χ2v) is 5.84. The maximum absolute atomic E-state index is 5.61. The maximum Gasteiger partial charge on any atom is 0.0470 e. The van der Waals surface area contributed by atoms with Crippen LogP contribution < -0.4 is 5.73 Å². The summed E-state index contributed by atoms with van der Waals surface area (Å²) in [6.07, 6.45) is 4.19. The van der Waals surface area contributed by atoms with Crippen molar-refractivity contribution in [3.63, 3.8) is 0 Å². The largest absolute Gasteiger partial charge is 0.350 e. The van der Waals surface area contributed by atoms with Crippen LogP contribution in [0.25, 0.3) is 0 Å². The van der Waals surface area contributed by atoms with E-state index in [0.29, 0.717) is 6.54 Å². The van der Waals surface area contributed by atoms with Crippen LogP contribution in [0.2, 0.25) is 0 Å². The fourth-order valence-corrected chi connectivity index (χ4v) is 2.03. The lowest BCUT2D eigenvalue weighted by Crippen LogP contribution is -2.10. The van der Waals surface area contributed by atoms with Crippen LogP contribution in [0.3, 0.4) is 0 Å². The predicted octanol–water partition coefficient (Wildman–Crippen LogP) is 3.29. The van der Waals surface area contributed by atoms with Gasteiger partial charge in [-0.05, 0) is 28.2 Å². The summed E-state index contributed by atoms with van der Waals surface area (Å²) in [5.74, 6) is 0. The Balaban J connectivity index is 2.11. The van der Waals surface area contributed by atoms with Crippen molar-refractivity contribution < 1.29 is 0 Å². The molecule has 2 N–H and O–H groups in total. The van der Waals surface area contributed by atoms with E-state index in [1.807, 2.05) is 0 Å². The third-order valence-corrected chi connectivity index (χ3v) is 3.23. The molecule has 0 fully saturated rings. The van der Waals surface area contributed by atoms with E-state index in [1.165, 1.54) is 16.7 Å². The molecule has 0 amide bonds. The van der Waals surface area contributed by atoms with Gasteiger partial charge >= 0.3 is 0 Å². The van der Waals surface area contributed by atoms with Gasteiger partial charge in [-0.1, -0.05) is 45.0 Å². The zero-order valence-corrected chi connectivity index (χ0v) is 11.5. The minimum Gasteiger partial charge on any atom is -0.350 e. The Bertz CT molecular complexity index is 501. The van der Waals surface area contributed by atoms with E-state index in [1.54, 1.807) is 0 Å². The monoisotopic (exact) mass is 242 g/mol.